The van der Waals surface area contributed by atoms with E-state index in [0.29, 0.717) is 11.6 Å². The first-order valence-corrected chi connectivity index (χ1v) is 4.25. The number of hydrogen-bond donors (Lipinski definition) is 1. The molecule has 1 N–H and O–H groups in total. The van der Waals surface area contributed by atoms with Gasteiger partial charge in [-0.2, -0.15) is 0 Å². The number of nitrogens with zero attached hydrogens (tertiary/aromatic N) is 2. The molecule has 0 aliphatic heterocycles. The van der Waals surface area contributed by atoms with Gasteiger partial charge in [-0.25, -0.2) is 9.78 Å². The molecule has 0 saturated carbocycles. The molecular weight excluding hydrogens is 166 g/mol. The molecule has 0 saturated heterocycles. The highest BCUT2D eigenvalue weighted by Gasteiger charge is 2.05. The van der Waals surface area contributed by atoms with E-state index in [1.165, 1.54) is 4.40 Å². The van der Waals surface area contributed by atoms with Crippen molar-refractivity contribution in [3.8, 4) is 0 Å². The maximum absolute atomic E-state index is 11.3. The summed E-state index contributed by atoms with van der Waals surface area (Å²) in [4.78, 5) is 18.2. The Morgan fingerprint density at radius 1 is 1.54 bits per heavy atom. The van der Waals surface area contributed by atoms with Crippen LogP contribution in [-0.2, 0) is 0 Å². The second-order valence-corrected chi connectivity index (χ2v) is 3.33. The van der Waals surface area contributed by atoms with Gasteiger partial charge >= 0.3 is 5.69 Å². The molecule has 4 nitrogen and oxygen atoms in total. The van der Waals surface area contributed by atoms with Crippen molar-refractivity contribution >= 4 is 5.65 Å². The van der Waals surface area contributed by atoms with Crippen LogP contribution in [0.4, 0.5) is 0 Å². The van der Waals surface area contributed by atoms with Crippen LogP contribution in [0.5, 0.6) is 0 Å². The molecule has 0 amide bonds. The molecule has 2 aromatic heterocycles. The van der Waals surface area contributed by atoms with E-state index in [4.69, 9.17) is 0 Å². The van der Waals surface area contributed by atoms with Gasteiger partial charge in [0, 0.05) is 12.4 Å². The summed E-state index contributed by atoms with van der Waals surface area (Å²) < 4.78 is 1.52. The zero-order valence-corrected chi connectivity index (χ0v) is 7.61. The Hall–Kier alpha value is -1.58. The first kappa shape index (κ1) is 8.04. The van der Waals surface area contributed by atoms with Gasteiger partial charge in [-0.1, -0.05) is 13.8 Å². The number of nitrogens with one attached hydrogen (secondary N) is 1. The molecule has 0 fully saturated rings. The Balaban J connectivity index is 2.76. The lowest BCUT2D eigenvalue weighted by Gasteiger charge is -1.94. The number of hydrogen-bond acceptors (Lipinski definition) is 2. The number of rotatable bonds is 1. The van der Waals surface area contributed by atoms with Crippen LogP contribution < -0.4 is 5.69 Å². The monoisotopic (exact) mass is 177 g/mol. The van der Waals surface area contributed by atoms with Gasteiger partial charge in [0.15, 0.2) is 0 Å². The Labute approximate surface area is 75.2 Å². The number of fused-ring (bicyclic) bond motifs is 1. The van der Waals surface area contributed by atoms with E-state index in [9.17, 15) is 4.79 Å². The maximum Gasteiger partial charge on any atom is 0.331 e. The van der Waals surface area contributed by atoms with Crippen molar-refractivity contribution < 1.29 is 0 Å². The average molecular weight is 177 g/mol. The van der Waals surface area contributed by atoms with Gasteiger partial charge in [0.05, 0.1) is 5.69 Å². The van der Waals surface area contributed by atoms with Crippen LogP contribution in [0.25, 0.3) is 5.65 Å². The second-order valence-electron chi connectivity index (χ2n) is 3.33. The number of imidazole rings is 1. The van der Waals surface area contributed by atoms with E-state index in [1.54, 1.807) is 18.5 Å². The zero-order chi connectivity index (χ0) is 9.42. The highest BCUT2D eigenvalue weighted by molar-refractivity contribution is 5.38. The van der Waals surface area contributed by atoms with Crippen LogP contribution in [0.1, 0.15) is 25.5 Å². The summed E-state index contributed by atoms with van der Waals surface area (Å²) in [6.45, 7) is 4.10. The van der Waals surface area contributed by atoms with E-state index in [0.717, 1.165) is 5.69 Å². The fraction of sp³-hybridized carbons (Fsp3) is 0.333. The molecule has 2 heterocycles. The van der Waals surface area contributed by atoms with Gasteiger partial charge in [-0.3, -0.25) is 4.40 Å². The van der Waals surface area contributed by atoms with Crippen molar-refractivity contribution in [2.24, 2.45) is 0 Å². The van der Waals surface area contributed by atoms with Gasteiger partial charge in [-0.15, -0.1) is 0 Å². The molecule has 0 bridgehead atoms. The first-order valence-electron chi connectivity index (χ1n) is 4.25. The summed E-state index contributed by atoms with van der Waals surface area (Å²) in [5.74, 6) is 0.347. The molecule has 2 aromatic rings. The Kier molecular flexibility index (Phi) is 1.69. The van der Waals surface area contributed by atoms with Gasteiger partial charge < -0.3 is 4.98 Å². The first-order chi connectivity index (χ1) is 6.18. The fourth-order valence-electron chi connectivity index (χ4n) is 1.23. The molecule has 68 valence electrons. The Morgan fingerprint density at radius 3 is 2.92 bits per heavy atom. The van der Waals surface area contributed by atoms with Crippen molar-refractivity contribution in [1.29, 1.82) is 0 Å². The normalized spacial score (nSPS) is 11.3. The van der Waals surface area contributed by atoms with E-state index < -0.39 is 0 Å². The third-order valence-corrected chi connectivity index (χ3v) is 2.00. The van der Waals surface area contributed by atoms with E-state index in [1.807, 2.05) is 0 Å². The summed E-state index contributed by atoms with van der Waals surface area (Å²) in [6.07, 6.45) is 3.38. The molecule has 13 heavy (non-hydrogen) atoms. The van der Waals surface area contributed by atoms with Crippen molar-refractivity contribution in [2.75, 3.05) is 0 Å². The highest BCUT2D eigenvalue weighted by Crippen LogP contribution is 2.11. The minimum Gasteiger partial charge on any atom is -0.314 e. The van der Waals surface area contributed by atoms with Crippen LogP contribution >= 0.6 is 0 Å². The SMILES string of the molecule is CC(C)c1cn2c(=O)[nH]ccc2n1. The van der Waals surface area contributed by atoms with Crippen LogP contribution in [0, 0.1) is 0 Å². The van der Waals surface area contributed by atoms with Gasteiger partial charge in [0.25, 0.3) is 0 Å². The quantitative estimate of drug-likeness (QED) is 0.710. The summed E-state index contributed by atoms with van der Waals surface area (Å²) in [5.41, 5.74) is 1.50. The molecule has 0 aromatic carbocycles. The molecule has 0 aliphatic rings. The molecule has 0 radical (unpaired) electrons. The minimum atomic E-state index is -0.142. The summed E-state index contributed by atoms with van der Waals surface area (Å²) in [6, 6.07) is 1.78. The van der Waals surface area contributed by atoms with Crippen LogP contribution in [0.3, 0.4) is 0 Å². The fourth-order valence-corrected chi connectivity index (χ4v) is 1.23. The topological polar surface area (TPSA) is 50.2 Å². The smallest absolute Gasteiger partial charge is 0.314 e. The maximum atomic E-state index is 11.3. The predicted octanol–water partition coefficient (Wildman–Crippen LogP) is 1.15. The van der Waals surface area contributed by atoms with Crippen LogP contribution in [0.2, 0.25) is 0 Å². The Bertz CT molecular complexity index is 481. The molecule has 0 atom stereocenters. The molecular formula is C9H11N3O. The molecule has 0 aliphatic carbocycles. The average Bonchev–Trinajstić information content (AvgIpc) is 2.49. The molecule has 0 unspecified atom stereocenters. The lowest BCUT2D eigenvalue weighted by atomic mass is 10.2. The lowest BCUT2D eigenvalue weighted by Crippen LogP contribution is -2.13. The summed E-state index contributed by atoms with van der Waals surface area (Å²) in [5, 5.41) is 0. The predicted molar refractivity (Wildman–Crippen MR) is 49.9 cm³/mol. The summed E-state index contributed by atoms with van der Waals surface area (Å²) in [7, 11) is 0. The molecule has 4 heteroatoms. The third-order valence-electron chi connectivity index (χ3n) is 2.00. The van der Waals surface area contributed by atoms with Crippen LogP contribution in [0.15, 0.2) is 23.3 Å². The van der Waals surface area contributed by atoms with Crippen molar-refractivity contribution in [3.05, 3.63) is 34.6 Å². The van der Waals surface area contributed by atoms with Crippen molar-refractivity contribution in [2.45, 2.75) is 19.8 Å². The lowest BCUT2D eigenvalue weighted by molar-refractivity contribution is 0.833. The standard InChI is InChI=1S/C9H11N3O/c1-6(2)7-5-12-8(11-7)3-4-10-9(12)13/h3-6H,1-2H3,(H,10,13). The number of H-pyrrole nitrogens is 1. The van der Waals surface area contributed by atoms with E-state index in [2.05, 4.69) is 23.8 Å². The van der Waals surface area contributed by atoms with Gasteiger partial charge in [-0.05, 0) is 12.0 Å². The molecule has 2 rings (SSSR count). The highest BCUT2D eigenvalue weighted by atomic mass is 16.1. The largest absolute Gasteiger partial charge is 0.331 e. The minimum absolute atomic E-state index is 0.142. The molecule has 0 spiro atoms. The number of aromatic nitrogens is 3. The zero-order valence-electron chi connectivity index (χ0n) is 7.61. The second kappa shape index (κ2) is 2.73. The number of aromatic amines is 1. The summed E-state index contributed by atoms with van der Waals surface area (Å²) >= 11 is 0. The van der Waals surface area contributed by atoms with E-state index >= 15 is 0 Å². The van der Waals surface area contributed by atoms with Gasteiger partial charge in [0.1, 0.15) is 5.65 Å². The Morgan fingerprint density at radius 2 is 2.31 bits per heavy atom. The van der Waals surface area contributed by atoms with Crippen molar-refractivity contribution in [1.82, 2.24) is 14.4 Å². The van der Waals surface area contributed by atoms with Gasteiger partial charge in [0.2, 0.25) is 0 Å². The van der Waals surface area contributed by atoms with E-state index in [-0.39, 0.29) is 5.69 Å². The van der Waals surface area contributed by atoms with Crippen molar-refractivity contribution in [3.63, 3.8) is 0 Å². The third kappa shape index (κ3) is 1.24. The van der Waals surface area contributed by atoms with Crippen LogP contribution in [-0.4, -0.2) is 14.4 Å².